The van der Waals surface area contributed by atoms with E-state index in [4.69, 9.17) is 6.85 Å². The topological polar surface area (TPSA) is 25.8 Å². The molecule has 5 aromatic rings. The van der Waals surface area contributed by atoms with Crippen molar-refractivity contribution in [2.75, 3.05) is 0 Å². The number of pyridine rings is 2. The predicted octanol–water partition coefficient (Wildman–Crippen LogP) is 7.68. The number of halogens is 1. The number of nitrogens with zero attached hydrogens (tertiary/aromatic N) is 2. The van der Waals surface area contributed by atoms with Crippen molar-refractivity contribution in [1.29, 1.82) is 0 Å². The van der Waals surface area contributed by atoms with Gasteiger partial charge in [-0.05, 0) is 40.6 Å². The largest absolute Gasteiger partial charge is 0.305 e. The standard InChI is InChI=1S/C18H13FN.C15H18NSi.Ir/c19-17-9-10-20-18(13-17)16-8-4-7-15(12-16)11-14-5-2-1-3-6-14;1-12-5-7-13(8-6-12)15-10-9-14(11-16-15)17(2,3)4;/h1-7,9-10,12-13H,11H2;5-7,9-11H,1-4H3;/q2*-1;/i11D2;1D3;. The van der Waals surface area contributed by atoms with Crippen LogP contribution in [0.3, 0.4) is 0 Å². The van der Waals surface area contributed by atoms with E-state index in [0.29, 0.717) is 27.9 Å². The second-order valence-corrected chi connectivity index (χ2v) is 14.6. The number of aryl methyl sites for hydroxylation is 1. The Bertz CT molecular complexity index is 1570. The summed E-state index contributed by atoms with van der Waals surface area (Å²) in [5.74, 6) is -0.380. The molecule has 0 saturated heterocycles. The van der Waals surface area contributed by atoms with E-state index >= 15 is 0 Å². The van der Waals surface area contributed by atoms with Crippen LogP contribution in [0.2, 0.25) is 19.6 Å². The van der Waals surface area contributed by atoms with Crippen LogP contribution in [0.1, 0.15) is 23.5 Å². The maximum absolute atomic E-state index is 13.3. The number of rotatable bonds is 5. The predicted molar refractivity (Wildman–Crippen MR) is 154 cm³/mol. The molecule has 0 bridgehead atoms. The molecule has 5 heteroatoms. The fraction of sp³-hybridized carbons (Fsp3) is 0.152. The fourth-order valence-corrected chi connectivity index (χ4v) is 4.55. The summed E-state index contributed by atoms with van der Waals surface area (Å²) >= 11 is 0. The van der Waals surface area contributed by atoms with Crippen LogP contribution in [0.25, 0.3) is 22.5 Å². The molecule has 1 radical (unpaired) electrons. The summed E-state index contributed by atoms with van der Waals surface area (Å²) in [7, 11) is -1.34. The molecule has 0 fully saturated rings. The maximum Gasteiger partial charge on any atom is 0.117 e. The van der Waals surface area contributed by atoms with Crippen molar-refractivity contribution in [3.63, 3.8) is 0 Å². The second kappa shape index (κ2) is 13.5. The monoisotopic (exact) mass is 700 g/mol. The molecule has 0 amide bonds. The van der Waals surface area contributed by atoms with E-state index in [1.165, 1.54) is 29.6 Å². The van der Waals surface area contributed by atoms with Gasteiger partial charge in [0.15, 0.2) is 0 Å². The van der Waals surface area contributed by atoms with E-state index < -0.39 is 21.3 Å². The van der Waals surface area contributed by atoms with E-state index in [-0.39, 0.29) is 25.9 Å². The molecule has 2 nitrogen and oxygen atoms in total. The third-order valence-corrected chi connectivity index (χ3v) is 7.61. The van der Waals surface area contributed by atoms with Gasteiger partial charge in [0.2, 0.25) is 0 Å². The number of hydrogen-bond acceptors (Lipinski definition) is 2. The van der Waals surface area contributed by atoms with Crippen LogP contribution in [0.5, 0.6) is 0 Å². The third-order valence-electron chi connectivity index (χ3n) is 5.58. The maximum atomic E-state index is 13.3. The summed E-state index contributed by atoms with van der Waals surface area (Å²) in [6.07, 6.45) is 1.67. The summed E-state index contributed by atoms with van der Waals surface area (Å²) in [6, 6.07) is 31.5. The molecule has 38 heavy (non-hydrogen) atoms. The fourth-order valence-electron chi connectivity index (χ4n) is 3.51. The smallest absolute Gasteiger partial charge is 0.117 e. The van der Waals surface area contributed by atoms with Gasteiger partial charge in [0.05, 0.1) is 8.07 Å². The molecule has 0 saturated carbocycles. The van der Waals surface area contributed by atoms with Crippen molar-refractivity contribution in [2.24, 2.45) is 0 Å². The Morgan fingerprint density at radius 2 is 1.66 bits per heavy atom. The first-order chi connectivity index (χ1) is 19.7. The van der Waals surface area contributed by atoms with Gasteiger partial charge in [-0.25, -0.2) is 4.39 Å². The Morgan fingerprint density at radius 1 is 0.842 bits per heavy atom. The van der Waals surface area contributed by atoms with Gasteiger partial charge in [0.1, 0.15) is 5.82 Å². The van der Waals surface area contributed by atoms with Gasteiger partial charge < -0.3 is 9.97 Å². The van der Waals surface area contributed by atoms with Crippen molar-refractivity contribution < 1.29 is 31.3 Å². The molecule has 3 aromatic carbocycles. The zero-order chi connectivity index (χ0) is 30.5. The number of hydrogen-bond donors (Lipinski definition) is 0. The molecule has 5 rings (SSSR count). The summed E-state index contributed by atoms with van der Waals surface area (Å²) in [5.41, 5.74) is 4.00. The van der Waals surface area contributed by atoms with Crippen LogP contribution in [0, 0.1) is 24.8 Å². The average Bonchev–Trinajstić information content (AvgIpc) is 2.97. The first kappa shape index (κ1) is 22.7. The molecular formula is C33H31FIrN2Si-2. The minimum Gasteiger partial charge on any atom is -0.305 e. The molecule has 0 aliphatic heterocycles. The Hall–Kier alpha value is -3.24. The first-order valence-electron chi connectivity index (χ1n) is 14.4. The van der Waals surface area contributed by atoms with E-state index in [1.54, 1.807) is 54.6 Å². The summed E-state index contributed by atoms with van der Waals surface area (Å²) in [4.78, 5) is 8.58. The Labute approximate surface area is 247 Å². The molecule has 0 N–H and O–H groups in total. The quantitative estimate of drug-likeness (QED) is 0.139. The zero-order valence-electron chi connectivity index (χ0n) is 26.4. The molecule has 0 spiro atoms. The average molecular weight is 700 g/mol. The minimum absolute atomic E-state index is 0. The van der Waals surface area contributed by atoms with Crippen molar-refractivity contribution >= 4 is 13.3 Å². The van der Waals surface area contributed by atoms with Crippen molar-refractivity contribution in [3.8, 4) is 22.5 Å². The molecule has 0 unspecified atom stereocenters. The third kappa shape index (κ3) is 8.39. The molecule has 2 aromatic heterocycles. The van der Waals surface area contributed by atoms with Gasteiger partial charge in [-0.1, -0.05) is 69.0 Å². The van der Waals surface area contributed by atoms with Gasteiger partial charge in [0, 0.05) is 39.4 Å². The van der Waals surface area contributed by atoms with Crippen LogP contribution in [-0.2, 0) is 26.5 Å². The molecule has 0 aliphatic carbocycles. The van der Waals surface area contributed by atoms with Crippen molar-refractivity contribution in [2.45, 2.75) is 32.9 Å². The summed E-state index contributed by atoms with van der Waals surface area (Å²) < 4.78 is 52.1. The van der Waals surface area contributed by atoms with Gasteiger partial charge in [-0.2, -0.15) is 0 Å². The molecule has 0 atom stereocenters. The summed E-state index contributed by atoms with van der Waals surface area (Å²) in [6.45, 7) is 4.76. The van der Waals surface area contributed by atoms with E-state index in [1.807, 2.05) is 18.3 Å². The van der Waals surface area contributed by atoms with Crippen LogP contribution in [-0.4, -0.2) is 18.0 Å². The summed E-state index contributed by atoms with van der Waals surface area (Å²) in [5, 5.41) is 1.31. The second-order valence-electron chi connectivity index (χ2n) is 9.51. The van der Waals surface area contributed by atoms with E-state index in [9.17, 15) is 4.39 Å². The Morgan fingerprint density at radius 3 is 2.29 bits per heavy atom. The Kier molecular flexibility index (Phi) is 8.08. The molecule has 0 aliphatic rings. The molecule has 195 valence electrons. The van der Waals surface area contributed by atoms with E-state index in [0.717, 1.165) is 11.3 Å². The van der Waals surface area contributed by atoms with Gasteiger partial charge in [-0.3, -0.25) is 0 Å². The van der Waals surface area contributed by atoms with E-state index in [2.05, 4.69) is 47.8 Å². The van der Waals surface area contributed by atoms with Gasteiger partial charge in [-0.15, -0.1) is 70.8 Å². The van der Waals surface area contributed by atoms with Gasteiger partial charge in [0.25, 0.3) is 0 Å². The van der Waals surface area contributed by atoms with Crippen molar-refractivity contribution in [3.05, 3.63) is 138 Å². The van der Waals surface area contributed by atoms with Crippen LogP contribution in [0.4, 0.5) is 4.39 Å². The van der Waals surface area contributed by atoms with Gasteiger partial charge >= 0.3 is 0 Å². The molecule has 2 heterocycles. The molecular weight excluding hydrogens is 664 g/mol. The van der Waals surface area contributed by atoms with Crippen LogP contribution < -0.4 is 5.19 Å². The first-order valence-corrected chi connectivity index (χ1v) is 15.4. The zero-order valence-corrected chi connectivity index (χ0v) is 24.8. The number of aromatic nitrogens is 2. The Balaban J connectivity index is 0.000000231. The van der Waals surface area contributed by atoms with Crippen molar-refractivity contribution in [1.82, 2.24) is 9.97 Å². The van der Waals surface area contributed by atoms with Crippen LogP contribution in [0.15, 0.2) is 103 Å². The minimum atomic E-state index is -2.08. The SMILES string of the molecule is [2H]C([2H])([2H])c1c[c-]c(-c2ccc([Si](C)(C)C)cn2)cc1.[2H]C([2H])(c1ccccc1)c1cc[c-]c(-c2cc(F)ccn2)c1.[Ir]. The number of benzene rings is 3. The van der Waals surface area contributed by atoms with Crippen LogP contribution >= 0.6 is 0 Å². The normalized spacial score (nSPS) is 13.3.